The van der Waals surface area contributed by atoms with Gasteiger partial charge in [0.1, 0.15) is 0 Å². The Labute approximate surface area is 120 Å². The molecule has 1 aromatic carbocycles. The normalized spacial score (nSPS) is 22.6. The second-order valence-corrected chi connectivity index (χ2v) is 5.51. The maximum Gasteiger partial charge on any atom is 0.167 e. The average Bonchev–Trinajstić information content (AvgIpc) is 2.45. The van der Waals surface area contributed by atoms with Crippen molar-refractivity contribution in [1.82, 2.24) is 0 Å². The van der Waals surface area contributed by atoms with Crippen molar-refractivity contribution >= 4 is 11.4 Å². The highest BCUT2D eigenvalue weighted by molar-refractivity contribution is 5.69. The highest BCUT2D eigenvalue weighted by atomic mass is 19.1. The number of nitrogens with one attached hydrogen (secondary N) is 1. The van der Waals surface area contributed by atoms with Crippen LogP contribution >= 0.6 is 0 Å². The molecule has 112 valence electrons. The molecule has 1 aliphatic carbocycles. The van der Waals surface area contributed by atoms with E-state index >= 15 is 0 Å². The molecule has 0 radical (unpaired) electrons. The van der Waals surface area contributed by atoms with Crippen LogP contribution in [0.2, 0.25) is 0 Å². The molecule has 1 saturated carbocycles. The molecule has 0 aliphatic heterocycles. The molecule has 1 aromatic rings. The second-order valence-electron chi connectivity index (χ2n) is 5.51. The fourth-order valence-corrected chi connectivity index (χ4v) is 3.05. The van der Waals surface area contributed by atoms with Crippen molar-refractivity contribution in [2.45, 2.75) is 52.0 Å². The maximum atomic E-state index is 13.7. The lowest BCUT2D eigenvalue weighted by molar-refractivity contribution is 0.315. The van der Waals surface area contributed by atoms with Crippen LogP contribution in [-0.4, -0.2) is 12.6 Å². The van der Waals surface area contributed by atoms with E-state index < -0.39 is 5.82 Å². The SMILES string of the molecule is CCOc1cc(NC2CCCCC2CC)c(N)cc1F. The van der Waals surface area contributed by atoms with Crippen molar-refractivity contribution in [3.8, 4) is 5.75 Å². The Morgan fingerprint density at radius 2 is 2.05 bits per heavy atom. The molecule has 2 rings (SSSR count). The summed E-state index contributed by atoms with van der Waals surface area (Å²) in [6, 6.07) is 3.46. The smallest absolute Gasteiger partial charge is 0.167 e. The summed E-state index contributed by atoms with van der Waals surface area (Å²) < 4.78 is 19.0. The van der Waals surface area contributed by atoms with Crippen LogP contribution in [0.5, 0.6) is 5.75 Å². The predicted molar refractivity (Wildman–Crippen MR) is 81.6 cm³/mol. The zero-order valence-corrected chi connectivity index (χ0v) is 12.4. The Morgan fingerprint density at radius 3 is 2.75 bits per heavy atom. The Bertz CT molecular complexity index is 450. The minimum atomic E-state index is -0.398. The monoisotopic (exact) mass is 280 g/mol. The molecular formula is C16H25FN2O. The molecular weight excluding hydrogens is 255 g/mol. The third-order valence-electron chi connectivity index (χ3n) is 4.18. The maximum absolute atomic E-state index is 13.7. The second kappa shape index (κ2) is 6.82. The molecule has 0 aromatic heterocycles. The van der Waals surface area contributed by atoms with E-state index in [-0.39, 0.29) is 5.75 Å². The van der Waals surface area contributed by atoms with Crippen LogP contribution in [0.15, 0.2) is 12.1 Å². The Kier molecular flexibility index (Phi) is 5.10. The van der Waals surface area contributed by atoms with Gasteiger partial charge in [-0.05, 0) is 25.7 Å². The van der Waals surface area contributed by atoms with Gasteiger partial charge in [0, 0.05) is 18.2 Å². The van der Waals surface area contributed by atoms with E-state index in [9.17, 15) is 4.39 Å². The van der Waals surface area contributed by atoms with Gasteiger partial charge in [-0.1, -0.05) is 26.2 Å². The third kappa shape index (κ3) is 3.35. The topological polar surface area (TPSA) is 47.3 Å². The van der Waals surface area contributed by atoms with Crippen molar-refractivity contribution in [2.75, 3.05) is 17.7 Å². The number of hydrogen-bond donors (Lipinski definition) is 2. The van der Waals surface area contributed by atoms with E-state index in [4.69, 9.17) is 10.5 Å². The molecule has 1 aliphatic rings. The van der Waals surface area contributed by atoms with Crippen LogP contribution < -0.4 is 15.8 Å². The van der Waals surface area contributed by atoms with Crippen LogP contribution in [0.25, 0.3) is 0 Å². The van der Waals surface area contributed by atoms with Crippen LogP contribution in [0, 0.1) is 11.7 Å². The number of nitrogen functional groups attached to an aromatic ring is 1. The lowest BCUT2D eigenvalue weighted by Gasteiger charge is -2.32. The summed E-state index contributed by atoms with van der Waals surface area (Å²) >= 11 is 0. The number of ether oxygens (including phenoxy) is 1. The lowest BCUT2D eigenvalue weighted by Crippen LogP contribution is -2.32. The van der Waals surface area contributed by atoms with Gasteiger partial charge in [0.2, 0.25) is 0 Å². The number of benzene rings is 1. The Morgan fingerprint density at radius 1 is 1.30 bits per heavy atom. The minimum absolute atomic E-state index is 0.271. The number of anilines is 2. The van der Waals surface area contributed by atoms with Gasteiger partial charge in [0.25, 0.3) is 0 Å². The largest absolute Gasteiger partial charge is 0.491 e. The summed E-state index contributed by atoms with van der Waals surface area (Å²) in [7, 11) is 0. The van der Waals surface area contributed by atoms with Crippen molar-refractivity contribution in [2.24, 2.45) is 5.92 Å². The Balaban J connectivity index is 2.17. The van der Waals surface area contributed by atoms with Gasteiger partial charge < -0.3 is 15.8 Å². The summed E-state index contributed by atoms with van der Waals surface area (Å²) in [5, 5.41) is 3.50. The summed E-state index contributed by atoms with van der Waals surface area (Å²) in [6.07, 6.45) is 6.12. The quantitative estimate of drug-likeness (QED) is 0.795. The molecule has 0 heterocycles. The van der Waals surface area contributed by atoms with Crippen LogP contribution in [0.3, 0.4) is 0 Å². The molecule has 3 nitrogen and oxygen atoms in total. The molecule has 0 bridgehead atoms. The molecule has 0 amide bonds. The summed E-state index contributed by atoms with van der Waals surface area (Å²) in [5.74, 6) is 0.544. The van der Waals surface area contributed by atoms with Gasteiger partial charge >= 0.3 is 0 Å². The van der Waals surface area contributed by atoms with E-state index in [2.05, 4.69) is 12.2 Å². The van der Waals surface area contributed by atoms with Crippen molar-refractivity contribution < 1.29 is 9.13 Å². The van der Waals surface area contributed by atoms with E-state index in [1.165, 1.54) is 25.3 Å². The fourth-order valence-electron chi connectivity index (χ4n) is 3.05. The lowest BCUT2D eigenvalue weighted by atomic mass is 9.83. The van der Waals surface area contributed by atoms with Crippen molar-refractivity contribution in [3.63, 3.8) is 0 Å². The minimum Gasteiger partial charge on any atom is -0.491 e. The van der Waals surface area contributed by atoms with Crippen molar-refractivity contribution in [1.29, 1.82) is 0 Å². The molecule has 0 saturated heterocycles. The first-order valence-corrected chi connectivity index (χ1v) is 7.64. The number of halogens is 1. The first-order chi connectivity index (χ1) is 9.65. The van der Waals surface area contributed by atoms with E-state index in [1.54, 1.807) is 6.07 Å². The van der Waals surface area contributed by atoms with Crippen LogP contribution in [0.4, 0.5) is 15.8 Å². The summed E-state index contributed by atoms with van der Waals surface area (Å²) in [5.41, 5.74) is 7.17. The highest BCUT2D eigenvalue weighted by Crippen LogP contribution is 2.33. The third-order valence-corrected chi connectivity index (χ3v) is 4.18. The molecule has 20 heavy (non-hydrogen) atoms. The highest BCUT2D eigenvalue weighted by Gasteiger charge is 2.24. The van der Waals surface area contributed by atoms with Gasteiger partial charge in [-0.25, -0.2) is 4.39 Å². The van der Waals surface area contributed by atoms with Crippen LogP contribution in [0.1, 0.15) is 46.0 Å². The number of hydrogen-bond acceptors (Lipinski definition) is 3. The van der Waals surface area contributed by atoms with Gasteiger partial charge in [-0.2, -0.15) is 0 Å². The van der Waals surface area contributed by atoms with E-state index in [1.807, 2.05) is 6.92 Å². The summed E-state index contributed by atoms with van der Waals surface area (Å²) in [6.45, 7) is 4.52. The molecule has 4 heteroatoms. The van der Waals surface area contributed by atoms with E-state index in [0.717, 1.165) is 18.5 Å². The fraction of sp³-hybridized carbons (Fsp3) is 0.625. The van der Waals surface area contributed by atoms with Crippen LogP contribution in [-0.2, 0) is 0 Å². The first kappa shape index (κ1) is 14.9. The zero-order valence-electron chi connectivity index (χ0n) is 12.4. The predicted octanol–water partition coefficient (Wildman–Crippen LogP) is 4.19. The number of nitrogens with two attached hydrogens (primary N) is 1. The molecule has 2 atom stereocenters. The molecule has 3 N–H and O–H groups in total. The van der Waals surface area contributed by atoms with Gasteiger partial charge in [-0.3, -0.25) is 0 Å². The number of rotatable bonds is 5. The van der Waals surface area contributed by atoms with Gasteiger partial charge in [0.05, 0.1) is 18.0 Å². The Hall–Kier alpha value is -1.45. The average molecular weight is 280 g/mol. The molecule has 0 spiro atoms. The summed E-state index contributed by atoms with van der Waals surface area (Å²) in [4.78, 5) is 0. The van der Waals surface area contributed by atoms with E-state index in [0.29, 0.717) is 24.3 Å². The standard InChI is InChI=1S/C16H25FN2O/c1-3-11-7-5-6-8-14(11)19-15-10-16(20-4-2)12(17)9-13(15)18/h9-11,14,19H,3-8,18H2,1-2H3. The zero-order chi connectivity index (χ0) is 14.5. The molecule has 1 fully saturated rings. The van der Waals surface area contributed by atoms with Gasteiger partial charge in [0.15, 0.2) is 11.6 Å². The molecule has 2 unspecified atom stereocenters. The first-order valence-electron chi connectivity index (χ1n) is 7.64. The van der Waals surface area contributed by atoms with Gasteiger partial charge in [-0.15, -0.1) is 0 Å². The van der Waals surface area contributed by atoms with Crippen molar-refractivity contribution in [3.05, 3.63) is 17.9 Å².